The van der Waals surface area contributed by atoms with Gasteiger partial charge >= 0.3 is 0 Å². The molecule has 0 unspecified atom stereocenters. The van der Waals surface area contributed by atoms with Crippen molar-refractivity contribution in [3.8, 4) is 0 Å². The van der Waals surface area contributed by atoms with E-state index in [0.717, 1.165) is 37.9 Å². The van der Waals surface area contributed by atoms with Gasteiger partial charge in [-0.1, -0.05) is 56.8 Å². The largest absolute Gasteiger partial charge is 0.354 e. The van der Waals surface area contributed by atoms with E-state index < -0.39 is 0 Å². The number of rotatable bonds is 9. The van der Waals surface area contributed by atoms with Gasteiger partial charge in [0.25, 0.3) is 5.91 Å². The summed E-state index contributed by atoms with van der Waals surface area (Å²) in [5, 5.41) is 7.03. The highest BCUT2D eigenvalue weighted by Crippen LogP contribution is 2.33. The molecule has 0 bridgehead atoms. The minimum atomic E-state index is -0.160. The second kappa shape index (κ2) is 10.00. The Bertz CT molecular complexity index is 783. The van der Waals surface area contributed by atoms with Crippen LogP contribution in [-0.4, -0.2) is 22.5 Å². The molecule has 148 valence electrons. The number of amides is 1. The van der Waals surface area contributed by atoms with Crippen molar-refractivity contribution in [1.82, 2.24) is 14.9 Å². The molecule has 27 heavy (non-hydrogen) atoms. The van der Waals surface area contributed by atoms with Crippen LogP contribution in [0.1, 0.15) is 68.8 Å². The van der Waals surface area contributed by atoms with Gasteiger partial charge in [0.15, 0.2) is 11.5 Å². The molecule has 2 N–H and O–H groups in total. The molecule has 1 aromatic heterocycles. The number of imidazole rings is 1. The smallest absolute Gasteiger partial charge is 0.271 e. The molecule has 0 fully saturated rings. The molecule has 5 nitrogen and oxygen atoms in total. The van der Waals surface area contributed by atoms with Crippen molar-refractivity contribution in [3.63, 3.8) is 0 Å². The molecule has 0 spiro atoms. The van der Waals surface area contributed by atoms with Crippen molar-refractivity contribution in [2.45, 2.75) is 58.9 Å². The van der Waals surface area contributed by atoms with E-state index in [0.29, 0.717) is 27.2 Å². The maximum absolute atomic E-state index is 12.8. The van der Waals surface area contributed by atoms with Crippen LogP contribution in [0.5, 0.6) is 0 Å². The van der Waals surface area contributed by atoms with E-state index in [1.807, 2.05) is 0 Å². The van der Waals surface area contributed by atoms with Crippen LogP contribution in [0.3, 0.4) is 0 Å². The Morgan fingerprint density at radius 2 is 1.85 bits per heavy atom. The third-order valence-corrected chi connectivity index (χ3v) is 5.08. The fourth-order valence-electron chi connectivity index (χ4n) is 3.33. The van der Waals surface area contributed by atoms with Crippen molar-refractivity contribution >= 4 is 40.6 Å². The summed E-state index contributed by atoms with van der Waals surface area (Å²) in [6.45, 7) is 6.38. The molecule has 0 saturated heterocycles. The second-order valence-electron chi connectivity index (χ2n) is 6.51. The minimum absolute atomic E-state index is 0.160. The number of anilines is 2. The van der Waals surface area contributed by atoms with Gasteiger partial charge in [-0.3, -0.25) is 4.79 Å². The van der Waals surface area contributed by atoms with E-state index in [-0.39, 0.29) is 11.9 Å². The molecule has 0 aliphatic rings. The van der Waals surface area contributed by atoms with E-state index >= 15 is 0 Å². The summed E-state index contributed by atoms with van der Waals surface area (Å²) in [5.41, 5.74) is 1.22. The summed E-state index contributed by atoms with van der Waals surface area (Å²) in [6, 6.07) is 5.45. The van der Waals surface area contributed by atoms with Crippen LogP contribution in [0.2, 0.25) is 10.0 Å². The Hall–Kier alpha value is -1.72. The van der Waals surface area contributed by atoms with E-state index in [9.17, 15) is 4.79 Å². The predicted molar refractivity (Wildman–Crippen MR) is 114 cm³/mol. The molecule has 0 radical (unpaired) electrons. The predicted octanol–water partition coefficient (Wildman–Crippen LogP) is 6.00. The Kier molecular flexibility index (Phi) is 7.99. The van der Waals surface area contributed by atoms with Gasteiger partial charge in [-0.25, -0.2) is 4.98 Å². The lowest BCUT2D eigenvalue weighted by molar-refractivity contribution is 0.0951. The maximum atomic E-state index is 12.8. The van der Waals surface area contributed by atoms with Crippen LogP contribution in [-0.2, 0) is 6.42 Å². The maximum Gasteiger partial charge on any atom is 0.271 e. The Balaban J connectivity index is 2.58. The summed E-state index contributed by atoms with van der Waals surface area (Å²) >= 11 is 12.3. The number of aromatic nitrogens is 2. The number of halogens is 2. The van der Waals surface area contributed by atoms with Gasteiger partial charge in [-0.05, 0) is 31.0 Å². The summed E-state index contributed by atoms with van der Waals surface area (Å²) in [7, 11) is 1.64. The van der Waals surface area contributed by atoms with Gasteiger partial charge < -0.3 is 15.2 Å². The molecule has 7 heteroatoms. The summed E-state index contributed by atoms with van der Waals surface area (Å²) in [6.07, 6.45) is 4.84. The van der Waals surface area contributed by atoms with Gasteiger partial charge in [0.2, 0.25) is 0 Å². The lowest BCUT2D eigenvalue weighted by Crippen LogP contribution is -2.25. The zero-order valence-electron chi connectivity index (χ0n) is 16.4. The van der Waals surface area contributed by atoms with Crippen molar-refractivity contribution in [2.75, 3.05) is 12.4 Å². The Morgan fingerprint density at radius 1 is 1.19 bits per heavy atom. The van der Waals surface area contributed by atoms with Crippen LogP contribution in [0.15, 0.2) is 18.2 Å². The first-order valence-electron chi connectivity index (χ1n) is 9.51. The monoisotopic (exact) mass is 410 g/mol. The highest BCUT2D eigenvalue weighted by molar-refractivity contribution is 6.36. The SMILES string of the molecule is CCCC(CCC)n1c(CC)nc(Nc2ccc(Cl)cc2Cl)c1C(=O)NC. The van der Waals surface area contributed by atoms with Crippen molar-refractivity contribution in [3.05, 3.63) is 39.8 Å². The number of hydrogen-bond acceptors (Lipinski definition) is 3. The second-order valence-corrected chi connectivity index (χ2v) is 7.35. The number of aryl methyl sites for hydroxylation is 1. The highest BCUT2D eigenvalue weighted by atomic mass is 35.5. The number of hydrogen-bond donors (Lipinski definition) is 2. The lowest BCUT2D eigenvalue weighted by atomic mass is 10.1. The number of benzene rings is 1. The number of carbonyl (C=O) groups is 1. The quantitative estimate of drug-likeness (QED) is 0.532. The topological polar surface area (TPSA) is 59.0 Å². The third-order valence-electron chi connectivity index (χ3n) is 4.54. The van der Waals surface area contributed by atoms with Gasteiger partial charge in [-0.2, -0.15) is 0 Å². The summed E-state index contributed by atoms with van der Waals surface area (Å²) < 4.78 is 2.11. The first-order valence-corrected chi connectivity index (χ1v) is 10.3. The van der Waals surface area contributed by atoms with Gasteiger partial charge in [0.05, 0.1) is 10.7 Å². The van der Waals surface area contributed by atoms with Crippen LogP contribution in [0.4, 0.5) is 11.5 Å². The number of nitrogens with zero attached hydrogens (tertiary/aromatic N) is 2. The zero-order chi connectivity index (χ0) is 20.0. The van der Waals surface area contributed by atoms with Crippen LogP contribution >= 0.6 is 23.2 Å². The van der Waals surface area contributed by atoms with Crippen LogP contribution < -0.4 is 10.6 Å². The first kappa shape index (κ1) is 21.6. The number of carbonyl (C=O) groups excluding carboxylic acids is 1. The van der Waals surface area contributed by atoms with E-state index in [1.165, 1.54) is 0 Å². The fourth-order valence-corrected chi connectivity index (χ4v) is 3.79. The third kappa shape index (κ3) is 4.96. The molecule has 2 aromatic rings. The Morgan fingerprint density at radius 3 is 2.37 bits per heavy atom. The highest BCUT2D eigenvalue weighted by Gasteiger charge is 2.26. The lowest BCUT2D eigenvalue weighted by Gasteiger charge is -2.22. The molecule has 1 heterocycles. The van der Waals surface area contributed by atoms with E-state index in [2.05, 4.69) is 36.0 Å². The van der Waals surface area contributed by atoms with Crippen LogP contribution in [0.25, 0.3) is 0 Å². The first-order chi connectivity index (χ1) is 13.0. The van der Waals surface area contributed by atoms with E-state index in [1.54, 1.807) is 25.2 Å². The zero-order valence-corrected chi connectivity index (χ0v) is 17.9. The van der Waals surface area contributed by atoms with Crippen molar-refractivity contribution in [2.24, 2.45) is 0 Å². The van der Waals surface area contributed by atoms with Gasteiger partial charge in [0, 0.05) is 24.5 Å². The molecule has 0 aliphatic carbocycles. The normalized spacial score (nSPS) is 11.1. The van der Waals surface area contributed by atoms with Crippen molar-refractivity contribution < 1.29 is 4.79 Å². The van der Waals surface area contributed by atoms with Gasteiger partial charge in [-0.15, -0.1) is 0 Å². The molecule has 1 amide bonds. The average molecular weight is 411 g/mol. The van der Waals surface area contributed by atoms with Crippen LogP contribution in [0, 0.1) is 0 Å². The summed E-state index contributed by atoms with van der Waals surface area (Å²) in [5.74, 6) is 1.26. The molecule has 0 atom stereocenters. The molecule has 0 aliphatic heterocycles. The summed E-state index contributed by atoms with van der Waals surface area (Å²) in [4.78, 5) is 17.5. The molecular formula is C20H28Cl2N4O. The minimum Gasteiger partial charge on any atom is -0.354 e. The fraction of sp³-hybridized carbons (Fsp3) is 0.500. The standard InChI is InChI=1S/C20H28Cl2N4O/c1-5-8-14(9-6-2)26-17(7-3)25-19(18(26)20(27)23-4)24-16-11-10-13(21)12-15(16)22/h10-12,14,24H,5-9H2,1-4H3,(H,23,27). The average Bonchev–Trinajstić information content (AvgIpc) is 3.01. The van der Waals surface area contributed by atoms with Crippen molar-refractivity contribution in [1.29, 1.82) is 0 Å². The number of nitrogens with one attached hydrogen (secondary N) is 2. The van der Waals surface area contributed by atoms with Gasteiger partial charge in [0.1, 0.15) is 5.82 Å². The molecule has 2 rings (SSSR count). The molecule has 0 saturated carbocycles. The molecule has 1 aromatic carbocycles. The Labute approximate surface area is 171 Å². The molecular weight excluding hydrogens is 383 g/mol. The van der Waals surface area contributed by atoms with E-state index in [4.69, 9.17) is 28.2 Å².